The molecule has 3 rings (SSSR count). The Kier molecular flexibility index (Phi) is 7.78. The molecule has 160 valence electrons. The van der Waals surface area contributed by atoms with Crippen LogP contribution in [0, 0.1) is 0 Å². The van der Waals surface area contributed by atoms with E-state index in [1.54, 1.807) is 20.3 Å². The summed E-state index contributed by atoms with van der Waals surface area (Å²) in [5.74, 6) is 6.45. The van der Waals surface area contributed by atoms with E-state index in [0.717, 1.165) is 11.4 Å². The molecule has 0 radical (unpaired) electrons. The third-order valence-corrected chi connectivity index (χ3v) is 4.20. The second-order valence-electron chi connectivity index (χ2n) is 5.96. The van der Waals surface area contributed by atoms with Crippen LogP contribution in [0.5, 0.6) is 11.5 Å². The summed E-state index contributed by atoms with van der Waals surface area (Å²) in [5.41, 5.74) is 9.80. The number of carbonyl (C=O) groups excluding carboxylic acids is 1. The molecule has 0 bridgehead atoms. The predicted octanol–water partition coefficient (Wildman–Crippen LogP) is 0.942. The molecule has 6 N–H and O–H groups in total. The van der Waals surface area contributed by atoms with Crippen molar-refractivity contribution in [3.05, 3.63) is 47.8 Å². The van der Waals surface area contributed by atoms with Gasteiger partial charge in [0.05, 0.1) is 26.1 Å². The summed E-state index contributed by atoms with van der Waals surface area (Å²) in [7, 11) is 3.19. The Balaban J connectivity index is 0.00000320. The number of nitrogens with one attached hydrogen (secondary N) is 2. The summed E-state index contributed by atoms with van der Waals surface area (Å²) in [6.07, 6.45) is 1.97. The minimum Gasteiger partial charge on any atom is -0.493 e. The number of nitrogens with two attached hydrogens (primary N) is 2. The average Bonchev–Trinajstić information content (AvgIpc) is 3.14. The molecule has 0 unspecified atom stereocenters. The molecule has 12 heteroatoms. The van der Waals surface area contributed by atoms with Gasteiger partial charge in [-0.3, -0.25) is 10.2 Å². The second kappa shape index (κ2) is 10.3. The fourth-order valence-electron chi connectivity index (χ4n) is 2.67. The summed E-state index contributed by atoms with van der Waals surface area (Å²) in [6.45, 7) is 0.647. The van der Waals surface area contributed by atoms with E-state index >= 15 is 0 Å². The van der Waals surface area contributed by atoms with Crippen LogP contribution in [0.2, 0.25) is 0 Å². The minimum atomic E-state index is -0.528. The van der Waals surface area contributed by atoms with E-state index in [0.29, 0.717) is 30.3 Å². The van der Waals surface area contributed by atoms with Crippen molar-refractivity contribution in [3.63, 3.8) is 0 Å². The molecule has 0 aliphatic carbocycles. The lowest BCUT2D eigenvalue weighted by atomic mass is 10.2. The Hall–Kier alpha value is -3.57. The number of benzene rings is 1. The number of methoxy groups -OCH3 is 2. The number of amides is 1. The fraction of sp³-hybridized carbons (Fsp3) is 0.222. The van der Waals surface area contributed by atoms with Crippen molar-refractivity contribution in [1.29, 1.82) is 0 Å². The molecule has 1 aromatic carbocycles. The van der Waals surface area contributed by atoms with E-state index in [-0.39, 0.29) is 23.8 Å². The molecule has 0 saturated heterocycles. The number of aromatic nitrogens is 4. The molecule has 3 aromatic rings. The normalized spacial score (nSPS) is 10.1. The van der Waals surface area contributed by atoms with E-state index in [1.165, 1.54) is 10.9 Å². The van der Waals surface area contributed by atoms with E-state index < -0.39 is 5.91 Å². The number of hydrogen-bond acceptors (Lipinski definition) is 9. The topological polar surface area (TPSA) is 155 Å². The largest absolute Gasteiger partial charge is 0.493 e. The maximum Gasteiger partial charge on any atom is 0.270 e. The molecule has 0 fully saturated rings. The molecule has 0 atom stereocenters. The van der Waals surface area contributed by atoms with Crippen molar-refractivity contribution in [2.24, 2.45) is 5.84 Å². The zero-order chi connectivity index (χ0) is 20.8. The Morgan fingerprint density at radius 1 is 1.13 bits per heavy atom. The quantitative estimate of drug-likeness (QED) is 0.230. The summed E-state index contributed by atoms with van der Waals surface area (Å²) in [6, 6.07) is 9.16. The van der Waals surface area contributed by atoms with Gasteiger partial charge in [0.25, 0.3) is 5.91 Å². The fourth-order valence-corrected chi connectivity index (χ4v) is 2.67. The smallest absolute Gasteiger partial charge is 0.270 e. The molecule has 1 amide bonds. The second-order valence-corrected chi connectivity index (χ2v) is 5.96. The zero-order valence-electron chi connectivity index (χ0n) is 16.5. The summed E-state index contributed by atoms with van der Waals surface area (Å²) in [4.78, 5) is 11.6. The molecular weight excluding hydrogens is 412 g/mol. The van der Waals surface area contributed by atoms with Crippen molar-refractivity contribution in [1.82, 2.24) is 25.4 Å². The Morgan fingerprint density at radius 3 is 2.53 bits per heavy atom. The van der Waals surface area contributed by atoms with Crippen LogP contribution in [0.3, 0.4) is 0 Å². The lowest BCUT2D eigenvalue weighted by Gasteiger charge is -2.11. The molecule has 0 spiro atoms. The van der Waals surface area contributed by atoms with Gasteiger partial charge in [0.1, 0.15) is 11.4 Å². The third kappa shape index (κ3) is 4.88. The molecule has 11 nitrogen and oxygen atoms in total. The maximum absolute atomic E-state index is 11.6. The monoisotopic (exact) mass is 434 g/mol. The SMILES string of the molecule is COc1ccc(NCCc2ccc(-n3ncc(C(=O)NN)c3N)nn2)cc1OC.Cl. The van der Waals surface area contributed by atoms with Crippen molar-refractivity contribution in [2.45, 2.75) is 6.42 Å². The standard InChI is InChI=1S/C18H22N8O3.ClH/c1-28-14-5-3-12(9-15(14)29-2)21-8-7-11-4-6-16(25-24-11)26-17(19)13(10-22-26)18(27)23-20;/h3-6,9-10,21H,7-8,19-20H2,1-2H3,(H,23,27);1H. The number of anilines is 2. The van der Waals surface area contributed by atoms with Crippen LogP contribution in [0.4, 0.5) is 11.5 Å². The van der Waals surface area contributed by atoms with Gasteiger partial charge in [-0.15, -0.1) is 17.5 Å². The number of halogens is 1. The summed E-state index contributed by atoms with van der Waals surface area (Å²) >= 11 is 0. The first-order chi connectivity index (χ1) is 14.1. The lowest BCUT2D eigenvalue weighted by molar-refractivity contribution is 0.0954. The van der Waals surface area contributed by atoms with Gasteiger partial charge in [-0.2, -0.15) is 14.9 Å². The van der Waals surface area contributed by atoms with Crippen molar-refractivity contribution >= 4 is 29.8 Å². The van der Waals surface area contributed by atoms with Gasteiger partial charge in [0.15, 0.2) is 17.3 Å². The molecule has 0 saturated carbocycles. The Morgan fingerprint density at radius 2 is 1.90 bits per heavy atom. The van der Waals surface area contributed by atoms with Crippen molar-refractivity contribution < 1.29 is 14.3 Å². The van der Waals surface area contributed by atoms with E-state index in [1.807, 2.05) is 29.7 Å². The first kappa shape index (κ1) is 22.7. The molecule has 0 aliphatic rings. The molecular formula is C18H23ClN8O3. The predicted molar refractivity (Wildman–Crippen MR) is 114 cm³/mol. The highest BCUT2D eigenvalue weighted by Crippen LogP contribution is 2.29. The number of nitrogens with zero attached hydrogens (tertiary/aromatic N) is 4. The van der Waals surface area contributed by atoms with Crippen LogP contribution in [0.1, 0.15) is 16.1 Å². The zero-order valence-corrected chi connectivity index (χ0v) is 17.3. The van der Waals surface area contributed by atoms with Crippen LogP contribution in [0.25, 0.3) is 5.82 Å². The van der Waals surface area contributed by atoms with Gasteiger partial charge in [-0.25, -0.2) is 5.84 Å². The number of hydrogen-bond donors (Lipinski definition) is 4. The van der Waals surface area contributed by atoms with Gasteiger partial charge in [0.2, 0.25) is 0 Å². The first-order valence-corrected chi connectivity index (χ1v) is 8.70. The van der Waals surface area contributed by atoms with Crippen LogP contribution in [-0.2, 0) is 6.42 Å². The molecule has 2 aromatic heterocycles. The van der Waals surface area contributed by atoms with Crippen LogP contribution >= 0.6 is 12.4 Å². The summed E-state index contributed by atoms with van der Waals surface area (Å²) in [5, 5.41) is 15.7. The molecule has 30 heavy (non-hydrogen) atoms. The number of rotatable bonds is 8. The Labute approximate surface area is 179 Å². The molecule has 2 heterocycles. The van der Waals surface area contributed by atoms with Gasteiger partial charge in [-0.05, 0) is 24.3 Å². The highest BCUT2D eigenvalue weighted by Gasteiger charge is 2.16. The highest BCUT2D eigenvalue weighted by molar-refractivity contribution is 5.98. The van der Waals surface area contributed by atoms with Crippen molar-refractivity contribution in [3.8, 4) is 17.3 Å². The molecule has 0 aliphatic heterocycles. The Bertz CT molecular complexity index is 994. The minimum absolute atomic E-state index is 0. The van der Waals surface area contributed by atoms with Gasteiger partial charge in [0, 0.05) is 24.7 Å². The van der Waals surface area contributed by atoms with Crippen molar-refractivity contribution in [2.75, 3.05) is 31.8 Å². The highest BCUT2D eigenvalue weighted by atomic mass is 35.5. The van der Waals surface area contributed by atoms with Gasteiger partial charge < -0.3 is 20.5 Å². The third-order valence-electron chi connectivity index (χ3n) is 4.20. The lowest BCUT2D eigenvalue weighted by Crippen LogP contribution is -2.30. The maximum atomic E-state index is 11.6. The number of nitrogen functional groups attached to an aromatic ring is 2. The van der Waals surface area contributed by atoms with E-state index in [9.17, 15) is 4.79 Å². The first-order valence-electron chi connectivity index (χ1n) is 8.70. The van der Waals surface area contributed by atoms with Gasteiger partial charge >= 0.3 is 0 Å². The van der Waals surface area contributed by atoms with Crippen LogP contribution in [0.15, 0.2) is 36.5 Å². The number of hydrazine groups is 1. The van der Waals surface area contributed by atoms with Crippen LogP contribution in [-0.4, -0.2) is 46.6 Å². The van der Waals surface area contributed by atoms with E-state index in [4.69, 9.17) is 21.1 Å². The van der Waals surface area contributed by atoms with Gasteiger partial charge in [-0.1, -0.05) is 0 Å². The van der Waals surface area contributed by atoms with Crippen LogP contribution < -0.4 is 31.8 Å². The number of ether oxygens (including phenoxy) is 2. The van der Waals surface area contributed by atoms with E-state index in [2.05, 4.69) is 20.6 Å². The number of carbonyl (C=O) groups is 1. The summed E-state index contributed by atoms with van der Waals surface area (Å²) < 4.78 is 11.8. The average molecular weight is 435 g/mol.